The number of hydrogen-bond donors (Lipinski definition) is 1. The lowest BCUT2D eigenvalue weighted by molar-refractivity contribution is 0.0699. The summed E-state index contributed by atoms with van der Waals surface area (Å²) < 4.78 is 16.0. The van der Waals surface area contributed by atoms with Crippen LogP contribution in [-0.2, 0) is 0 Å². The first kappa shape index (κ1) is 18.3. The molecule has 27 heavy (non-hydrogen) atoms. The fourth-order valence-corrected chi connectivity index (χ4v) is 2.82. The Hall–Kier alpha value is -3.54. The Labute approximate surface area is 156 Å². The molecule has 6 heteroatoms. The van der Waals surface area contributed by atoms with Crippen LogP contribution in [-0.4, -0.2) is 37.4 Å². The standard InChI is InChI=1S/C21H19NO5/c1-25-18-12-20(27-3)19(26-2)10-13(18)8-9-14-11-16(21(23)24)15-6-4-5-7-17(15)22-14/h4-12H,1-3H3,(H,23,24)/b9-8+. The fourth-order valence-electron chi connectivity index (χ4n) is 2.82. The molecule has 0 aliphatic rings. The van der Waals surface area contributed by atoms with Crippen LogP contribution >= 0.6 is 0 Å². The number of carbonyl (C=O) groups is 1. The summed E-state index contributed by atoms with van der Waals surface area (Å²) in [5.41, 5.74) is 2.11. The Balaban J connectivity index is 2.07. The minimum atomic E-state index is -0.994. The molecule has 1 heterocycles. The molecule has 0 bridgehead atoms. The van der Waals surface area contributed by atoms with Crippen LogP contribution in [0.2, 0.25) is 0 Å². The van der Waals surface area contributed by atoms with E-state index in [1.165, 1.54) is 0 Å². The number of carboxylic acid groups (broad SMARTS) is 1. The second kappa shape index (κ2) is 7.78. The lowest BCUT2D eigenvalue weighted by Gasteiger charge is -2.12. The topological polar surface area (TPSA) is 77.9 Å². The number of hydrogen-bond acceptors (Lipinski definition) is 5. The van der Waals surface area contributed by atoms with Crippen molar-refractivity contribution < 1.29 is 24.1 Å². The van der Waals surface area contributed by atoms with E-state index in [0.717, 1.165) is 5.56 Å². The van der Waals surface area contributed by atoms with Gasteiger partial charge in [-0.25, -0.2) is 9.78 Å². The third-order valence-electron chi connectivity index (χ3n) is 4.14. The second-order valence-electron chi connectivity index (χ2n) is 5.70. The lowest BCUT2D eigenvalue weighted by atomic mass is 10.1. The third kappa shape index (κ3) is 3.69. The average Bonchev–Trinajstić information content (AvgIpc) is 2.70. The molecule has 0 saturated carbocycles. The molecule has 0 radical (unpaired) electrons. The predicted molar refractivity (Wildman–Crippen MR) is 104 cm³/mol. The van der Waals surface area contributed by atoms with Crippen LogP contribution in [0.25, 0.3) is 23.1 Å². The number of aromatic nitrogens is 1. The van der Waals surface area contributed by atoms with E-state index in [9.17, 15) is 9.90 Å². The van der Waals surface area contributed by atoms with Crippen molar-refractivity contribution in [3.05, 3.63) is 59.3 Å². The molecule has 138 valence electrons. The zero-order valence-electron chi connectivity index (χ0n) is 15.2. The molecular weight excluding hydrogens is 346 g/mol. The molecule has 0 spiro atoms. The van der Waals surface area contributed by atoms with Crippen LogP contribution in [0.15, 0.2) is 42.5 Å². The number of para-hydroxylation sites is 1. The van der Waals surface area contributed by atoms with Crippen LogP contribution in [0.3, 0.4) is 0 Å². The van der Waals surface area contributed by atoms with E-state index in [4.69, 9.17) is 14.2 Å². The van der Waals surface area contributed by atoms with Crippen molar-refractivity contribution in [2.75, 3.05) is 21.3 Å². The summed E-state index contributed by atoms with van der Waals surface area (Å²) in [5, 5.41) is 10.1. The Morgan fingerprint density at radius 1 is 0.926 bits per heavy atom. The second-order valence-corrected chi connectivity index (χ2v) is 5.70. The highest BCUT2D eigenvalue weighted by molar-refractivity contribution is 6.03. The van der Waals surface area contributed by atoms with Gasteiger partial charge in [0.05, 0.1) is 38.1 Å². The number of carboxylic acids is 1. The highest BCUT2D eigenvalue weighted by Gasteiger charge is 2.12. The van der Waals surface area contributed by atoms with Gasteiger partial charge in [-0.05, 0) is 30.4 Å². The minimum Gasteiger partial charge on any atom is -0.496 e. The normalized spacial score (nSPS) is 10.9. The average molecular weight is 365 g/mol. The molecular formula is C21H19NO5. The molecule has 0 atom stereocenters. The van der Waals surface area contributed by atoms with Crippen molar-refractivity contribution in [1.82, 2.24) is 4.98 Å². The number of fused-ring (bicyclic) bond motifs is 1. The van der Waals surface area contributed by atoms with Crippen molar-refractivity contribution in [2.45, 2.75) is 0 Å². The molecule has 0 amide bonds. The summed E-state index contributed by atoms with van der Waals surface area (Å²) >= 11 is 0. The molecule has 1 aromatic heterocycles. The summed E-state index contributed by atoms with van der Waals surface area (Å²) in [6.07, 6.45) is 3.53. The number of rotatable bonds is 6. The zero-order chi connectivity index (χ0) is 19.4. The Morgan fingerprint density at radius 3 is 2.26 bits per heavy atom. The lowest BCUT2D eigenvalue weighted by Crippen LogP contribution is -2.00. The molecule has 0 unspecified atom stereocenters. The molecule has 0 aliphatic heterocycles. The van der Waals surface area contributed by atoms with E-state index in [0.29, 0.717) is 33.8 Å². The monoisotopic (exact) mass is 365 g/mol. The van der Waals surface area contributed by atoms with Gasteiger partial charge in [0.25, 0.3) is 0 Å². The number of nitrogens with zero attached hydrogens (tertiary/aromatic N) is 1. The highest BCUT2D eigenvalue weighted by Crippen LogP contribution is 2.35. The van der Waals surface area contributed by atoms with Crippen LogP contribution < -0.4 is 14.2 Å². The number of pyridine rings is 1. The van der Waals surface area contributed by atoms with Gasteiger partial charge in [0, 0.05) is 17.0 Å². The quantitative estimate of drug-likeness (QED) is 0.708. The van der Waals surface area contributed by atoms with Crippen molar-refractivity contribution in [1.29, 1.82) is 0 Å². The van der Waals surface area contributed by atoms with Gasteiger partial charge in [-0.1, -0.05) is 18.2 Å². The molecule has 2 aromatic carbocycles. The van der Waals surface area contributed by atoms with Crippen LogP contribution in [0, 0.1) is 0 Å². The van der Waals surface area contributed by atoms with Gasteiger partial charge in [0.1, 0.15) is 5.75 Å². The van der Waals surface area contributed by atoms with Gasteiger partial charge in [-0.3, -0.25) is 0 Å². The molecule has 3 aromatic rings. The van der Waals surface area contributed by atoms with Gasteiger partial charge in [-0.15, -0.1) is 0 Å². The van der Waals surface area contributed by atoms with Gasteiger partial charge in [0.2, 0.25) is 0 Å². The first-order valence-corrected chi connectivity index (χ1v) is 8.18. The smallest absolute Gasteiger partial charge is 0.336 e. The van der Waals surface area contributed by atoms with Crippen molar-refractivity contribution >= 4 is 29.0 Å². The van der Waals surface area contributed by atoms with Crippen molar-refractivity contribution in [3.63, 3.8) is 0 Å². The van der Waals surface area contributed by atoms with E-state index >= 15 is 0 Å². The molecule has 6 nitrogen and oxygen atoms in total. The SMILES string of the molecule is COc1cc(OC)c(OC)cc1/C=C/c1cc(C(=O)O)c2ccccc2n1. The van der Waals surface area contributed by atoms with Crippen LogP contribution in [0.5, 0.6) is 17.2 Å². The van der Waals surface area contributed by atoms with E-state index in [1.54, 1.807) is 69.9 Å². The predicted octanol–water partition coefficient (Wildman–Crippen LogP) is 4.13. The molecule has 0 aliphatic carbocycles. The minimum absolute atomic E-state index is 0.208. The largest absolute Gasteiger partial charge is 0.496 e. The number of methoxy groups -OCH3 is 3. The van der Waals surface area contributed by atoms with Crippen LogP contribution in [0.4, 0.5) is 0 Å². The fraction of sp³-hybridized carbons (Fsp3) is 0.143. The first-order valence-electron chi connectivity index (χ1n) is 8.18. The number of benzene rings is 2. The molecule has 3 rings (SSSR count). The summed E-state index contributed by atoms with van der Waals surface area (Å²) in [6, 6.07) is 12.2. The van der Waals surface area contributed by atoms with E-state index in [1.807, 2.05) is 6.07 Å². The maximum atomic E-state index is 11.6. The van der Waals surface area contributed by atoms with E-state index < -0.39 is 5.97 Å². The van der Waals surface area contributed by atoms with Crippen LogP contribution in [0.1, 0.15) is 21.6 Å². The number of aromatic carboxylic acids is 1. The maximum Gasteiger partial charge on any atom is 0.336 e. The first-order chi connectivity index (χ1) is 13.1. The number of ether oxygens (including phenoxy) is 3. The molecule has 0 saturated heterocycles. The summed E-state index contributed by atoms with van der Waals surface area (Å²) in [5.74, 6) is 0.731. The van der Waals surface area contributed by atoms with Crippen molar-refractivity contribution in [3.8, 4) is 17.2 Å². The molecule has 0 fully saturated rings. The summed E-state index contributed by atoms with van der Waals surface area (Å²) in [7, 11) is 4.68. The zero-order valence-corrected chi connectivity index (χ0v) is 15.2. The van der Waals surface area contributed by atoms with E-state index in [-0.39, 0.29) is 5.56 Å². The Kier molecular flexibility index (Phi) is 5.26. The van der Waals surface area contributed by atoms with Crippen molar-refractivity contribution in [2.24, 2.45) is 0 Å². The Morgan fingerprint density at radius 2 is 1.59 bits per heavy atom. The van der Waals surface area contributed by atoms with Gasteiger partial charge < -0.3 is 19.3 Å². The summed E-state index contributed by atoms with van der Waals surface area (Å²) in [4.78, 5) is 16.1. The highest BCUT2D eigenvalue weighted by atomic mass is 16.5. The molecule has 1 N–H and O–H groups in total. The maximum absolute atomic E-state index is 11.6. The van der Waals surface area contributed by atoms with Gasteiger partial charge in [-0.2, -0.15) is 0 Å². The third-order valence-corrected chi connectivity index (χ3v) is 4.14. The summed E-state index contributed by atoms with van der Waals surface area (Å²) in [6.45, 7) is 0. The van der Waals surface area contributed by atoms with Gasteiger partial charge >= 0.3 is 5.97 Å². The Bertz CT molecular complexity index is 1030. The van der Waals surface area contributed by atoms with Gasteiger partial charge in [0.15, 0.2) is 11.5 Å². The van der Waals surface area contributed by atoms with E-state index in [2.05, 4.69) is 4.98 Å².